The van der Waals surface area contributed by atoms with Crippen LogP contribution in [0, 0.1) is 17.1 Å². The van der Waals surface area contributed by atoms with Crippen LogP contribution >= 0.6 is 11.6 Å². The molecule has 1 amide bonds. The maximum atomic E-state index is 14.3. The second-order valence-corrected chi connectivity index (χ2v) is 8.99. The average molecular weight is 479 g/mol. The zero-order valence-electron chi connectivity index (χ0n) is 18.4. The molecule has 8 nitrogen and oxygen atoms in total. The van der Waals surface area contributed by atoms with Gasteiger partial charge in [-0.05, 0) is 62.2 Å². The van der Waals surface area contributed by atoms with E-state index >= 15 is 0 Å². The zero-order valence-corrected chi connectivity index (χ0v) is 19.2. The Morgan fingerprint density at radius 3 is 2.94 bits per heavy atom. The van der Waals surface area contributed by atoms with Crippen LogP contribution in [0.5, 0.6) is 5.88 Å². The molecule has 0 saturated carbocycles. The minimum absolute atomic E-state index is 0.0578. The third kappa shape index (κ3) is 3.71. The summed E-state index contributed by atoms with van der Waals surface area (Å²) in [6, 6.07) is 10.2. The van der Waals surface area contributed by atoms with Gasteiger partial charge in [-0.25, -0.2) is 9.37 Å². The Kier molecular flexibility index (Phi) is 5.35. The highest BCUT2D eigenvalue weighted by Gasteiger charge is 2.32. The fourth-order valence-electron chi connectivity index (χ4n) is 4.45. The van der Waals surface area contributed by atoms with Crippen LogP contribution in [-0.2, 0) is 12.0 Å². The zero-order chi connectivity index (χ0) is 24.0. The number of halogens is 2. The SMILES string of the molecule is CC1(C)NCCc2cc(Nc3ncc4c(n3)OCN(c3c(F)cccc3Cl)C4=O)cc(C#N)c21. The Morgan fingerprint density at radius 1 is 1.35 bits per heavy atom. The molecule has 2 aliphatic heterocycles. The first-order valence-electron chi connectivity index (χ1n) is 10.6. The monoisotopic (exact) mass is 478 g/mol. The molecule has 2 aromatic carbocycles. The van der Waals surface area contributed by atoms with E-state index < -0.39 is 11.7 Å². The minimum atomic E-state index is -0.633. The van der Waals surface area contributed by atoms with Crippen LogP contribution in [0.2, 0.25) is 5.02 Å². The van der Waals surface area contributed by atoms with E-state index in [1.807, 2.05) is 6.07 Å². The summed E-state index contributed by atoms with van der Waals surface area (Å²) in [5.74, 6) is -0.864. The Labute approximate surface area is 200 Å². The summed E-state index contributed by atoms with van der Waals surface area (Å²) in [5.41, 5.74) is 3.02. The molecule has 172 valence electrons. The van der Waals surface area contributed by atoms with Gasteiger partial charge >= 0.3 is 0 Å². The maximum Gasteiger partial charge on any atom is 0.268 e. The Hall–Kier alpha value is -3.74. The number of carbonyl (C=O) groups is 1. The molecule has 3 heterocycles. The van der Waals surface area contributed by atoms with Crippen molar-refractivity contribution >= 4 is 34.8 Å². The van der Waals surface area contributed by atoms with Crippen molar-refractivity contribution in [2.45, 2.75) is 25.8 Å². The van der Waals surface area contributed by atoms with Gasteiger partial charge in [0.25, 0.3) is 5.91 Å². The lowest BCUT2D eigenvalue weighted by molar-refractivity contribution is 0.0931. The summed E-state index contributed by atoms with van der Waals surface area (Å²) in [6.45, 7) is 4.67. The van der Waals surface area contributed by atoms with Gasteiger partial charge in [-0.2, -0.15) is 10.2 Å². The maximum absolute atomic E-state index is 14.3. The van der Waals surface area contributed by atoms with E-state index in [2.05, 4.69) is 40.5 Å². The van der Waals surface area contributed by atoms with Gasteiger partial charge in [0, 0.05) is 17.4 Å². The molecule has 0 unspecified atom stereocenters. The molecule has 0 bridgehead atoms. The van der Waals surface area contributed by atoms with Gasteiger partial charge in [-0.15, -0.1) is 0 Å². The second kappa shape index (κ2) is 8.24. The van der Waals surface area contributed by atoms with Crippen LogP contribution in [0.25, 0.3) is 0 Å². The number of ether oxygens (including phenoxy) is 1. The number of fused-ring (bicyclic) bond motifs is 2. The molecule has 5 rings (SSSR count). The van der Waals surface area contributed by atoms with E-state index in [1.54, 1.807) is 6.07 Å². The van der Waals surface area contributed by atoms with Crippen LogP contribution < -0.4 is 20.3 Å². The Balaban J connectivity index is 1.44. The minimum Gasteiger partial charge on any atom is -0.455 e. The van der Waals surface area contributed by atoms with Crippen molar-refractivity contribution in [1.29, 1.82) is 5.26 Å². The third-order valence-corrected chi connectivity index (χ3v) is 6.26. The molecular weight excluding hydrogens is 459 g/mol. The van der Waals surface area contributed by atoms with Crippen LogP contribution in [0.1, 0.15) is 40.9 Å². The molecular formula is C24H20ClFN6O2. The highest BCUT2D eigenvalue weighted by molar-refractivity contribution is 6.34. The highest BCUT2D eigenvalue weighted by Crippen LogP contribution is 2.36. The quantitative estimate of drug-likeness (QED) is 0.579. The smallest absolute Gasteiger partial charge is 0.268 e. The molecule has 2 N–H and O–H groups in total. The number of anilines is 3. The van der Waals surface area contributed by atoms with E-state index in [-0.39, 0.29) is 40.4 Å². The summed E-state index contributed by atoms with van der Waals surface area (Å²) in [5, 5.41) is 16.4. The number of hydrogen-bond donors (Lipinski definition) is 2. The molecule has 0 radical (unpaired) electrons. The van der Waals surface area contributed by atoms with Gasteiger partial charge in [0.1, 0.15) is 17.1 Å². The highest BCUT2D eigenvalue weighted by atomic mass is 35.5. The summed E-state index contributed by atoms with van der Waals surface area (Å²) in [7, 11) is 0. The average Bonchev–Trinajstić information content (AvgIpc) is 2.79. The van der Waals surface area contributed by atoms with Gasteiger partial charge in [0.2, 0.25) is 11.8 Å². The van der Waals surface area contributed by atoms with Gasteiger partial charge in [0.05, 0.1) is 16.7 Å². The van der Waals surface area contributed by atoms with Crippen LogP contribution in [0.3, 0.4) is 0 Å². The van der Waals surface area contributed by atoms with E-state index in [0.717, 1.165) is 29.0 Å². The molecule has 0 spiro atoms. The van der Waals surface area contributed by atoms with Gasteiger partial charge < -0.3 is 15.4 Å². The third-order valence-electron chi connectivity index (χ3n) is 5.95. The number of benzene rings is 2. The molecule has 0 atom stereocenters. The lowest BCUT2D eigenvalue weighted by atomic mass is 9.82. The lowest BCUT2D eigenvalue weighted by Gasteiger charge is -2.35. The largest absolute Gasteiger partial charge is 0.455 e. The molecule has 0 fully saturated rings. The summed E-state index contributed by atoms with van der Waals surface area (Å²) >= 11 is 6.11. The van der Waals surface area contributed by atoms with E-state index in [4.69, 9.17) is 16.3 Å². The first-order valence-corrected chi connectivity index (χ1v) is 11.0. The van der Waals surface area contributed by atoms with Crippen LogP contribution in [0.15, 0.2) is 36.5 Å². The van der Waals surface area contributed by atoms with Crippen LogP contribution in [0.4, 0.5) is 21.7 Å². The van der Waals surface area contributed by atoms with Crippen molar-refractivity contribution in [3.63, 3.8) is 0 Å². The summed E-state index contributed by atoms with van der Waals surface area (Å²) in [6.07, 6.45) is 2.12. The number of nitriles is 1. The number of para-hydroxylation sites is 1. The Bertz CT molecular complexity index is 1350. The van der Waals surface area contributed by atoms with Crippen LogP contribution in [-0.4, -0.2) is 29.2 Å². The van der Waals surface area contributed by atoms with Gasteiger partial charge in [-0.1, -0.05) is 17.7 Å². The van der Waals surface area contributed by atoms with Gasteiger partial charge in [-0.3, -0.25) is 9.69 Å². The molecule has 34 heavy (non-hydrogen) atoms. The van der Waals surface area contributed by atoms with E-state index in [9.17, 15) is 14.4 Å². The summed E-state index contributed by atoms with van der Waals surface area (Å²) in [4.78, 5) is 22.6. The van der Waals surface area contributed by atoms with Crippen molar-refractivity contribution in [2.75, 3.05) is 23.5 Å². The van der Waals surface area contributed by atoms with Crippen molar-refractivity contribution in [2.24, 2.45) is 0 Å². The lowest BCUT2D eigenvalue weighted by Crippen LogP contribution is -2.43. The Morgan fingerprint density at radius 2 is 2.18 bits per heavy atom. The number of nitrogens with zero attached hydrogens (tertiary/aromatic N) is 4. The predicted octanol–water partition coefficient (Wildman–Crippen LogP) is 4.26. The normalized spacial score (nSPS) is 16.2. The summed E-state index contributed by atoms with van der Waals surface area (Å²) < 4.78 is 20.0. The van der Waals surface area contributed by atoms with Crippen molar-refractivity contribution in [1.82, 2.24) is 15.3 Å². The van der Waals surface area contributed by atoms with E-state index in [0.29, 0.717) is 11.3 Å². The number of aromatic nitrogens is 2. The first kappa shape index (κ1) is 22.1. The van der Waals surface area contributed by atoms with Crippen molar-refractivity contribution < 1.29 is 13.9 Å². The molecule has 3 aromatic rings. The fraction of sp³-hybridized carbons (Fsp3) is 0.250. The number of hydrogen-bond acceptors (Lipinski definition) is 7. The molecule has 0 aliphatic carbocycles. The fourth-order valence-corrected chi connectivity index (χ4v) is 4.72. The molecule has 0 saturated heterocycles. The van der Waals surface area contributed by atoms with Gasteiger partial charge in [0.15, 0.2) is 6.73 Å². The predicted molar refractivity (Wildman–Crippen MR) is 125 cm³/mol. The molecule has 10 heteroatoms. The second-order valence-electron chi connectivity index (χ2n) is 8.59. The van der Waals surface area contributed by atoms with E-state index in [1.165, 1.54) is 24.4 Å². The molecule has 2 aliphatic rings. The number of rotatable bonds is 3. The standard InChI is InChI=1S/C24H20ClFN6O2/c1-24(2)19-13(6-7-29-24)8-15(9-14(19)10-27)30-23-28-11-16-21(31-23)34-12-32(22(16)33)20-17(25)4-3-5-18(20)26/h3-5,8-9,11,29H,6-7,12H2,1-2H3,(H,28,30,31). The molecule has 1 aromatic heterocycles. The number of carbonyl (C=O) groups excluding carboxylic acids is 1. The first-order chi connectivity index (χ1) is 16.3. The number of nitrogens with one attached hydrogen (secondary N) is 2. The van der Waals surface area contributed by atoms with Crippen molar-refractivity contribution in [3.05, 3.63) is 69.6 Å². The topological polar surface area (TPSA) is 103 Å². The number of amides is 1. The van der Waals surface area contributed by atoms with Crippen molar-refractivity contribution in [3.8, 4) is 11.9 Å².